The van der Waals surface area contributed by atoms with E-state index in [1.54, 1.807) is 7.11 Å². The molecule has 0 bridgehead atoms. The Balaban J connectivity index is 1.54. The number of nitrogens with zero attached hydrogens (tertiary/aromatic N) is 2. The van der Waals surface area contributed by atoms with Crippen LogP contribution in [-0.2, 0) is 9.53 Å². The Bertz CT molecular complexity index is 938. The molecule has 9 heteroatoms. The summed E-state index contributed by atoms with van der Waals surface area (Å²) in [7, 11) is 1.59. The van der Waals surface area contributed by atoms with Crippen LogP contribution in [0.1, 0.15) is 10.4 Å². The molecule has 3 rings (SSSR count). The van der Waals surface area contributed by atoms with Crippen LogP contribution in [0.2, 0.25) is 0 Å². The van der Waals surface area contributed by atoms with Crippen molar-refractivity contribution in [1.82, 2.24) is 4.98 Å². The number of esters is 1. The first-order valence-corrected chi connectivity index (χ1v) is 8.69. The normalized spacial score (nSPS) is 10.3. The molecule has 0 saturated heterocycles. The van der Waals surface area contributed by atoms with Gasteiger partial charge in [0.1, 0.15) is 5.75 Å². The van der Waals surface area contributed by atoms with Crippen LogP contribution in [0.15, 0.2) is 54.2 Å². The first kappa shape index (κ1) is 18.3. The predicted molar refractivity (Wildman–Crippen MR) is 98.4 cm³/mol. The fraction of sp³-hybridized carbons (Fsp3) is 0.111. The molecule has 138 valence electrons. The van der Waals surface area contributed by atoms with Crippen molar-refractivity contribution in [1.29, 1.82) is 0 Å². The Hall–Kier alpha value is -3.46. The van der Waals surface area contributed by atoms with E-state index in [-0.39, 0.29) is 5.56 Å². The van der Waals surface area contributed by atoms with E-state index in [1.807, 2.05) is 29.6 Å². The summed E-state index contributed by atoms with van der Waals surface area (Å²) in [6, 6.07) is 10.0. The number of hydrogen-bond acceptors (Lipinski definition) is 7. The van der Waals surface area contributed by atoms with Crippen LogP contribution in [0.3, 0.4) is 0 Å². The molecule has 0 radical (unpaired) electrons. The largest absolute Gasteiger partial charge is 0.619 e. The SMILES string of the molecule is COc1ccc(-c2csc(NC(=O)COC(=O)c3cc[n+]([O-])cc3)n2)cc1. The van der Waals surface area contributed by atoms with E-state index in [0.717, 1.165) is 11.3 Å². The second-order valence-electron chi connectivity index (χ2n) is 5.34. The Morgan fingerprint density at radius 1 is 1.19 bits per heavy atom. The van der Waals surface area contributed by atoms with Gasteiger partial charge in [0.2, 0.25) is 0 Å². The number of carbonyl (C=O) groups excluding carboxylic acids is 2. The van der Waals surface area contributed by atoms with Crippen LogP contribution in [0.25, 0.3) is 11.3 Å². The molecular weight excluding hydrogens is 370 g/mol. The molecule has 1 aromatic carbocycles. The van der Waals surface area contributed by atoms with Crippen molar-refractivity contribution in [3.8, 4) is 17.0 Å². The van der Waals surface area contributed by atoms with Gasteiger partial charge in [0.05, 0.1) is 18.4 Å². The number of ether oxygens (including phenoxy) is 2. The topological polar surface area (TPSA) is 104 Å². The average Bonchev–Trinajstić information content (AvgIpc) is 3.15. The van der Waals surface area contributed by atoms with E-state index in [9.17, 15) is 14.8 Å². The van der Waals surface area contributed by atoms with Crippen molar-refractivity contribution < 1.29 is 23.8 Å². The van der Waals surface area contributed by atoms with E-state index in [4.69, 9.17) is 9.47 Å². The number of hydrogen-bond donors (Lipinski definition) is 1. The fourth-order valence-electron chi connectivity index (χ4n) is 2.14. The molecular formula is C18H15N3O5S. The van der Waals surface area contributed by atoms with Gasteiger partial charge in [-0.05, 0) is 24.3 Å². The molecule has 0 spiro atoms. The molecule has 2 aromatic heterocycles. The highest BCUT2D eigenvalue weighted by Gasteiger charge is 2.13. The predicted octanol–water partition coefficient (Wildman–Crippen LogP) is 2.25. The maximum Gasteiger partial charge on any atom is 0.339 e. The number of pyridine rings is 1. The first-order chi connectivity index (χ1) is 13.0. The van der Waals surface area contributed by atoms with Gasteiger partial charge < -0.3 is 14.7 Å². The number of rotatable bonds is 6. The summed E-state index contributed by atoms with van der Waals surface area (Å²) in [5.41, 5.74) is 1.79. The van der Waals surface area contributed by atoms with Crippen molar-refractivity contribution in [2.45, 2.75) is 0 Å². The van der Waals surface area contributed by atoms with Crippen LogP contribution in [0, 0.1) is 5.21 Å². The van der Waals surface area contributed by atoms with E-state index in [1.165, 1.54) is 35.9 Å². The molecule has 1 amide bonds. The van der Waals surface area contributed by atoms with Gasteiger partial charge in [-0.1, -0.05) is 0 Å². The molecule has 2 heterocycles. The van der Waals surface area contributed by atoms with Gasteiger partial charge in [-0.25, -0.2) is 9.78 Å². The Morgan fingerprint density at radius 2 is 1.89 bits per heavy atom. The molecule has 0 aliphatic rings. The van der Waals surface area contributed by atoms with Gasteiger partial charge in [0, 0.05) is 23.1 Å². The molecule has 0 unspecified atom stereocenters. The van der Waals surface area contributed by atoms with Crippen LogP contribution in [0.4, 0.5) is 5.13 Å². The molecule has 27 heavy (non-hydrogen) atoms. The van der Waals surface area contributed by atoms with Gasteiger partial charge in [0.25, 0.3) is 5.91 Å². The summed E-state index contributed by atoms with van der Waals surface area (Å²) >= 11 is 1.26. The number of methoxy groups -OCH3 is 1. The van der Waals surface area contributed by atoms with E-state index in [2.05, 4.69) is 10.3 Å². The summed E-state index contributed by atoms with van der Waals surface area (Å²) in [5.74, 6) is -0.453. The average molecular weight is 385 g/mol. The highest BCUT2D eigenvalue weighted by atomic mass is 32.1. The minimum Gasteiger partial charge on any atom is -0.619 e. The molecule has 0 saturated carbocycles. The van der Waals surface area contributed by atoms with Crippen molar-refractivity contribution in [2.24, 2.45) is 0 Å². The summed E-state index contributed by atoms with van der Waals surface area (Å²) < 4.78 is 10.6. The molecule has 0 fully saturated rings. The van der Waals surface area contributed by atoms with Crippen LogP contribution < -0.4 is 14.8 Å². The first-order valence-electron chi connectivity index (χ1n) is 7.81. The monoisotopic (exact) mass is 385 g/mol. The fourth-order valence-corrected chi connectivity index (χ4v) is 2.88. The van der Waals surface area contributed by atoms with E-state index >= 15 is 0 Å². The molecule has 0 aliphatic heterocycles. The molecule has 8 nitrogen and oxygen atoms in total. The summed E-state index contributed by atoms with van der Waals surface area (Å²) in [6.45, 7) is -0.456. The molecule has 0 atom stereocenters. The lowest BCUT2D eigenvalue weighted by Crippen LogP contribution is -2.25. The Morgan fingerprint density at radius 3 is 2.56 bits per heavy atom. The third kappa shape index (κ3) is 4.79. The number of aromatic nitrogens is 2. The number of amides is 1. The second-order valence-corrected chi connectivity index (χ2v) is 6.20. The lowest BCUT2D eigenvalue weighted by Gasteiger charge is -2.04. The third-order valence-electron chi connectivity index (χ3n) is 3.51. The number of benzene rings is 1. The van der Waals surface area contributed by atoms with Gasteiger partial charge in [0.15, 0.2) is 24.1 Å². The molecule has 3 aromatic rings. The zero-order valence-electron chi connectivity index (χ0n) is 14.2. The second kappa shape index (κ2) is 8.28. The highest BCUT2D eigenvalue weighted by molar-refractivity contribution is 7.14. The van der Waals surface area contributed by atoms with Gasteiger partial charge in [-0.3, -0.25) is 10.1 Å². The summed E-state index contributed by atoms with van der Waals surface area (Å²) in [5, 5.41) is 15.7. The van der Waals surface area contributed by atoms with Crippen LogP contribution >= 0.6 is 11.3 Å². The number of carbonyl (C=O) groups is 2. The maximum atomic E-state index is 11.9. The van der Waals surface area contributed by atoms with Crippen molar-refractivity contribution in [2.75, 3.05) is 19.0 Å². The zero-order chi connectivity index (χ0) is 19.2. The quantitative estimate of drug-likeness (QED) is 0.396. The van der Waals surface area contributed by atoms with E-state index < -0.39 is 18.5 Å². The maximum absolute atomic E-state index is 11.9. The van der Waals surface area contributed by atoms with Gasteiger partial charge in [-0.15, -0.1) is 11.3 Å². The van der Waals surface area contributed by atoms with Crippen molar-refractivity contribution in [3.63, 3.8) is 0 Å². The molecule has 1 N–H and O–H groups in total. The van der Waals surface area contributed by atoms with Crippen LogP contribution in [-0.4, -0.2) is 30.6 Å². The minimum atomic E-state index is -0.691. The number of anilines is 1. The van der Waals surface area contributed by atoms with Crippen molar-refractivity contribution in [3.05, 3.63) is 64.9 Å². The zero-order valence-corrected chi connectivity index (χ0v) is 15.1. The Labute approximate surface area is 158 Å². The lowest BCUT2D eigenvalue weighted by atomic mass is 10.2. The third-order valence-corrected chi connectivity index (χ3v) is 4.27. The number of nitrogens with one attached hydrogen (secondary N) is 1. The number of thiazole rings is 1. The minimum absolute atomic E-state index is 0.186. The summed E-state index contributed by atoms with van der Waals surface area (Å²) in [6.07, 6.45) is 2.35. The Kier molecular flexibility index (Phi) is 5.62. The smallest absolute Gasteiger partial charge is 0.339 e. The highest BCUT2D eigenvalue weighted by Crippen LogP contribution is 2.26. The molecule has 0 aliphatic carbocycles. The van der Waals surface area contributed by atoms with Crippen molar-refractivity contribution >= 4 is 28.3 Å². The summed E-state index contributed by atoms with van der Waals surface area (Å²) in [4.78, 5) is 28.1. The van der Waals surface area contributed by atoms with E-state index in [0.29, 0.717) is 15.6 Å². The van der Waals surface area contributed by atoms with Gasteiger partial charge in [-0.2, -0.15) is 4.73 Å². The van der Waals surface area contributed by atoms with Crippen LogP contribution in [0.5, 0.6) is 5.75 Å². The lowest BCUT2D eigenvalue weighted by molar-refractivity contribution is -0.605. The van der Waals surface area contributed by atoms with Gasteiger partial charge >= 0.3 is 5.97 Å². The standard InChI is InChI=1S/C18H15N3O5S/c1-25-14-4-2-12(3-5-14)15-11-27-18(19-15)20-16(22)10-26-17(23)13-6-8-21(24)9-7-13/h2-9,11H,10H2,1H3,(H,19,20,22).